The van der Waals surface area contributed by atoms with Crippen molar-refractivity contribution in [3.05, 3.63) is 35.4 Å². The molecule has 0 unspecified atom stereocenters. The van der Waals surface area contributed by atoms with Crippen LogP contribution in [0.1, 0.15) is 51.9 Å². The second-order valence-corrected chi connectivity index (χ2v) is 7.39. The van der Waals surface area contributed by atoms with E-state index in [1.54, 1.807) is 18.7 Å². The molecule has 0 aromatic heterocycles. The van der Waals surface area contributed by atoms with Crippen LogP contribution in [0.5, 0.6) is 0 Å². The smallest absolute Gasteiger partial charge is 0.329 e. The summed E-state index contributed by atoms with van der Waals surface area (Å²) in [5.41, 5.74) is -0.775. The summed E-state index contributed by atoms with van der Waals surface area (Å²) in [7, 11) is 0. The largest absolute Gasteiger partial charge is 0.454 e. The predicted octanol–water partition coefficient (Wildman–Crippen LogP) is 2.91. The van der Waals surface area contributed by atoms with Crippen LogP contribution in [-0.2, 0) is 14.3 Å². The predicted molar refractivity (Wildman–Crippen MR) is 101 cm³/mol. The standard InChI is InChI=1S/C20H28F2N2O4/c1-11(2)18(23-19(26)17-14(21)8-7-9-15(17)22)20(27)28-10-16(25)24(12(3)4)13(5)6/h7-9,11-13,18H,10H2,1-6H3,(H,23,26)/t18-/m0/s1. The summed E-state index contributed by atoms with van der Waals surface area (Å²) in [5.74, 6) is -4.77. The van der Waals surface area contributed by atoms with E-state index in [2.05, 4.69) is 5.32 Å². The molecule has 0 fully saturated rings. The Kier molecular flexibility index (Phi) is 8.53. The van der Waals surface area contributed by atoms with Crippen molar-refractivity contribution in [1.29, 1.82) is 0 Å². The Morgan fingerprint density at radius 3 is 1.93 bits per heavy atom. The number of hydrogen-bond donors (Lipinski definition) is 1. The number of halogens is 2. The molecule has 0 saturated heterocycles. The molecule has 0 saturated carbocycles. The van der Waals surface area contributed by atoms with Gasteiger partial charge in [-0.25, -0.2) is 13.6 Å². The maximum Gasteiger partial charge on any atom is 0.329 e. The highest BCUT2D eigenvalue weighted by Crippen LogP contribution is 2.14. The van der Waals surface area contributed by atoms with Crippen molar-refractivity contribution in [2.45, 2.75) is 59.7 Å². The number of rotatable bonds is 8. The lowest BCUT2D eigenvalue weighted by Crippen LogP contribution is -2.48. The van der Waals surface area contributed by atoms with Crippen LogP contribution in [0.25, 0.3) is 0 Å². The molecule has 2 amide bonds. The van der Waals surface area contributed by atoms with Crippen LogP contribution in [-0.4, -0.2) is 47.4 Å². The van der Waals surface area contributed by atoms with Crippen LogP contribution < -0.4 is 5.32 Å². The van der Waals surface area contributed by atoms with Gasteiger partial charge in [0.15, 0.2) is 6.61 Å². The van der Waals surface area contributed by atoms with Crippen molar-refractivity contribution in [1.82, 2.24) is 10.2 Å². The van der Waals surface area contributed by atoms with E-state index in [0.29, 0.717) is 0 Å². The van der Waals surface area contributed by atoms with Crippen LogP contribution in [0.4, 0.5) is 8.78 Å². The molecule has 0 heterocycles. The fourth-order valence-corrected chi connectivity index (χ4v) is 2.90. The van der Waals surface area contributed by atoms with Gasteiger partial charge in [-0.1, -0.05) is 19.9 Å². The fraction of sp³-hybridized carbons (Fsp3) is 0.550. The third-order valence-corrected chi connectivity index (χ3v) is 4.14. The lowest BCUT2D eigenvalue weighted by molar-refractivity contribution is -0.155. The number of carbonyl (C=O) groups excluding carboxylic acids is 3. The van der Waals surface area contributed by atoms with E-state index < -0.39 is 47.6 Å². The van der Waals surface area contributed by atoms with Crippen LogP contribution >= 0.6 is 0 Å². The van der Waals surface area contributed by atoms with Gasteiger partial charge in [0.05, 0.1) is 0 Å². The Morgan fingerprint density at radius 1 is 1.00 bits per heavy atom. The third kappa shape index (κ3) is 6.00. The lowest BCUT2D eigenvalue weighted by Gasteiger charge is -2.31. The Balaban J connectivity index is 2.85. The van der Waals surface area contributed by atoms with E-state index in [4.69, 9.17) is 4.74 Å². The molecule has 0 aliphatic heterocycles. The number of nitrogens with one attached hydrogen (secondary N) is 1. The molecule has 0 aliphatic carbocycles. The van der Waals surface area contributed by atoms with Crippen molar-refractivity contribution in [2.75, 3.05) is 6.61 Å². The first-order chi connectivity index (χ1) is 13.0. The monoisotopic (exact) mass is 398 g/mol. The first-order valence-corrected chi connectivity index (χ1v) is 9.20. The summed E-state index contributed by atoms with van der Waals surface area (Å²) in [5, 5.41) is 2.29. The van der Waals surface area contributed by atoms with Gasteiger partial charge in [0, 0.05) is 12.1 Å². The van der Waals surface area contributed by atoms with Crippen molar-refractivity contribution in [3.8, 4) is 0 Å². The van der Waals surface area contributed by atoms with Crippen molar-refractivity contribution >= 4 is 17.8 Å². The summed E-state index contributed by atoms with van der Waals surface area (Å²) in [6.07, 6.45) is 0. The molecule has 0 aliphatic rings. The summed E-state index contributed by atoms with van der Waals surface area (Å²) < 4.78 is 32.6. The molecule has 28 heavy (non-hydrogen) atoms. The zero-order chi connectivity index (χ0) is 21.6. The molecule has 1 N–H and O–H groups in total. The molecule has 1 aromatic rings. The Bertz CT molecular complexity index is 692. The van der Waals surface area contributed by atoms with Crippen LogP contribution in [0.3, 0.4) is 0 Å². The maximum absolute atomic E-state index is 13.8. The van der Waals surface area contributed by atoms with Gasteiger partial charge in [-0.3, -0.25) is 9.59 Å². The normalized spacial score (nSPS) is 12.2. The number of amides is 2. The molecular formula is C20H28F2N2O4. The van der Waals surface area contributed by atoms with Gasteiger partial charge < -0.3 is 15.0 Å². The van der Waals surface area contributed by atoms with Gasteiger partial charge in [-0.05, 0) is 45.7 Å². The SMILES string of the molecule is CC(C)[C@H](NC(=O)c1c(F)cccc1F)C(=O)OCC(=O)N(C(C)C)C(C)C. The van der Waals surface area contributed by atoms with Gasteiger partial charge in [0.2, 0.25) is 0 Å². The van der Waals surface area contributed by atoms with E-state index in [9.17, 15) is 23.2 Å². The summed E-state index contributed by atoms with van der Waals surface area (Å²) >= 11 is 0. The molecule has 1 rings (SSSR count). The number of carbonyl (C=O) groups is 3. The molecule has 0 bridgehead atoms. The Hall–Kier alpha value is -2.51. The molecule has 8 heteroatoms. The summed E-state index contributed by atoms with van der Waals surface area (Å²) in [6, 6.07) is 1.73. The number of hydrogen-bond acceptors (Lipinski definition) is 4. The van der Waals surface area contributed by atoms with E-state index >= 15 is 0 Å². The molecule has 156 valence electrons. The van der Waals surface area contributed by atoms with E-state index in [0.717, 1.165) is 18.2 Å². The molecule has 1 aromatic carbocycles. The molecule has 1 atom stereocenters. The fourth-order valence-electron chi connectivity index (χ4n) is 2.90. The van der Waals surface area contributed by atoms with E-state index in [1.807, 2.05) is 27.7 Å². The van der Waals surface area contributed by atoms with Gasteiger partial charge in [-0.15, -0.1) is 0 Å². The van der Waals surface area contributed by atoms with E-state index in [1.165, 1.54) is 0 Å². The van der Waals surface area contributed by atoms with Crippen LogP contribution in [0.15, 0.2) is 18.2 Å². The summed E-state index contributed by atoms with van der Waals surface area (Å²) in [4.78, 5) is 38.5. The minimum Gasteiger partial charge on any atom is -0.454 e. The van der Waals surface area contributed by atoms with Crippen LogP contribution in [0.2, 0.25) is 0 Å². The highest BCUT2D eigenvalue weighted by atomic mass is 19.1. The highest BCUT2D eigenvalue weighted by molar-refractivity contribution is 5.97. The minimum absolute atomic E-state index is 0.0733. The van der Waals surface area contributed by atoms with Crippen molar-refractivity contribution in [3.63, 3.8) is 0 Å². The first-order valence-electron chi connectivity index (χ1n) is 9.20. The number of nitrogens with zero attached hydrogens (tertiary/aromatic N) is 1. The van der Waals surface area contributed by atoms with Gasteiger partial charge in [0.25, 0.3) is 11.8 Å². The number of esters is 1. The Labute approximate surface area is 164 Å². The number of benzene rings is 1. The topological polar surface area (TPSA) is 75.7 Å². The third-order valence-electron chi connectivity index (χ3n) is 4.14. The average Bonchev–Trinajstić information content (AvgIpc) is 2.56. The highest BCUT2D eigenvalue weighted by Gasteiger charge is 2.30. The zero-order valence-corrected chi connectivity index (χ0v) is 17.1. The zero-order valence-electron chi connectivity index (χ0n) is 17.1. The molecule has 0 spiro atoms. The van der Waals surface area contributed by atoms with E-state index in [-0.39, 0.29) is 18.0 Å². The average molecular weight is 398 g/mol. The second-order valence-electron chi connectivity index (χ2n) is 7.39. The maximum atomic E-state index is 13.8. The second kappa shape index (κ2) is 10.1. The lowest BCUT2D eigenvalue weighted by atomic mass is 10.0. The van der Waals surface area contributed by atoms with Crippen molar-refractivity contribution in [2.24, 2.45) is 5.92 Å². The molecular weight excluding hydrogens is 370 g/mol. The van der Waals surface area contributed by atoms with Crippen LogP contribution in [0, 0.1) is 17.6 Å². The van der Waals surface area contributed by atoms with Gasteiger partial charge >= 0.3 is 5.97 Å². The summed E-state index contributed by atoms with van der Waals surface area (Å²) in [6.45, 7) is 10.2. The van der Waals surface area contributed by atoms with Crippen molar-refractivity contribution < 1.29 is 27.9 Å². The minimum atomic E-state index is -1.16. The molecule has 0 radical (unpaired) electrons. The van der Waals surface area contributed by atoms with Gasteiger partial charge in [0.1, 0.15) is 23.2 Å². The molecule has 6 nitrogen and oxygen atoms in total. The quantitative estimate of drug-likeness (QED) is 0.683. The van der Waals surface area contributed by atoms with Gasteiger partial charge in [-0.2, -0.15) is 0 Å². The number of ether oxygens (including phenoxy) is 1. The first kappa shape index (κ1) is 23.5. The Morgan fingerprint density at radius 2 is 1.50 bits per heavy atom.